The van der Waals surface area contributed by atoms with Crippen LogP contribution in [0.5, 0.6) is 0 Å². The molecular formula is C19H19F3N6O. The molecule has 2 aromatic heterocycles. The number of amides is 1. The summed E-state index contributed by atoms with van der Waals surface area (Å²) in [5.74, 6) is -0.214. The van der Waals surface area contributed by atoms with Gasteiger partial charge in [-0.3, -0.25) is 9.89 Å². The molecule has 0 fully saturated rings. The Bertz CT molecular complexity index is 1020. The Balaban J connectivity index is 2.01. The third-order valence-corrected chi connectivity index (χ3v) is 4.19. The van der Waals surface area contributed by atoms with Gasteiger partial charge in [-0.2, -0.15) is 18.3 Å². The van der Waals surface area contributed by atoms with Gasteiger partial charge >= 0.3 is 6.18 Å². The van der Waals surface area contributed by atoms with Crippen molar-refractivity contribution in [1.82, 2.24) is 20.5 Å². The van der Waals surface area contributed by atoms with E-state index in [0.717, 1.165) is 11.9 Å². The fraction of sp³-hybridized carbons (Fsp3) is 0.211. The van der Waals surface area contributed by atoms with Crippen LogP contribution in [-0.2, 0) is 12.6 Å². The Kier molecular flexibility index (Phi) is 5.71. The van der Waals surface area contributed by atoms with E-state index in [1.807, 2.05) is 6.92 Å². The third-order valence-electron chi connectivity index (χ3n) is 4.19. The number of hydrogen-bond donors (Lipinski definition) is 4. The SMILES string of the molecule is CCc1n[nH]cc1Nc1cc(Nc2ccccc2C(=O)NC)c(C(F)(F)F)cn1. The molecule has 152 valence electrons. The van der Waals surface area contributed by atoms with Gasteiger partial charge in [0, 0.05) is 25.5 Å². The molecule has 0 radical (unpaired) electrons. The van der Waals surface area contributed by atoms with E-state index in [-0.39, 0.29) is 22.8 Å². The highest BCUT2D eigenvalue weighted by molar-refractivity contribution is 6.00. The number of hydrogen-bond acceptors (Lipinski definition) is 5. The van der Waals surface area contributed by atoms with Gasteiger partial charge < -0.3 is 16.0 Å². The summed E-state index contributed by atoms with van der Waals surface area (Å²) in [6, 6.07) is 7.56. The topological polar surface area (TPSA) is 94.7 Å². The average Bonchev–Trinajstić information content (AvgIpc) is 3.14. The number of nitrogens with zero attached hydrogens (tertiary/aromatic N) is 2. The lowest BCUT2D eigenvalue weighted by molar-refractivity contribution is -0.137. The van der Waals surface area contributed by atoms with E-state index in [9.17, 15) is 18.0 Å². The van der Waals surface area contributed by atoms with Gasteiger partial charge in [0.05, 0.1) is 33.9 Å². The largest absolute Gasteiger partial charge is 0.419 e. The molecule has 4 N–H and O–H groups in total. The minimum Gasteiger partial charge on any atom is -0.355 e. The molecule has 0 aliphatic rings. The molecule has 0 spiro atoms. The number of pyridine rings is 1. The normalized spacial score (nSPS) is 11.2. The van der Waals surface area contributed by atoms with Crippen molar-refractivity contribution < 1.29 is 18.0 Å². The van der Waals surface area contributed by atoms with E-state index in [2.05, 4.69) is 31.1 Å². The van der Waals surface area contributed by atoms with Gasteiger partial charge in [-0.15, -0.1) is 0 Å². The molecule has 1 aromatic carbocycles. The highest BCUT2D eigenvalue weighted by Gasteiger charge is 2.34. The zero-order chi connectivity index (χ0) is 21.0. The summed E-state index contributed by atoms with van der Waals surface area (Å²) < 4.78 is 40.5. The number of benzene rings is 1. The summed E-state index contributed by atoms with van der Waals surface area (Å²) in [6.45, 7) is 1.91. The first-order chi connectivity index (χ1) is 13.8. The van der Waals surface area contributed by atoms with E-state index in [1.54, 1.807) is 18.3 Å². The highest BCUT2D eigenvalue weighted by atomic mass is 19.4. The van der Waals surface area contributed by atoms with Crippen LogP contribution in [0.15, 0.2) is 42.7 Å². The molecule has 1 amide bonds. The van der Waals surface area contributed by atoms with Gasteiger partial charge in [-0.05, 0) is 18.6 Å². The number of aryl methyl sites for hydroxylation is 1. The molecule has 0 saturated heterocycles. The van der Waals surface area contributed by atoms with Crippen molar-refractivity contribution in [2.45, 2.75) is 19.5 Å². The summed E-state index contributed by atoms with van der Waals surface area (Å²) in [4.78, 5) is 15.9. The molecule has 29 heavy (non-hydrogen) atoms. The van der Waals surface area contributed by atoms with Crippen molar-refractivity contribution in [3.8, 4) is 0 Å². The molecule has 3 rings (SSSR count). The quantitative estimate of drug-likeness (QED) is 0.493. The van der Waals surface area contributed by atoms with E-state index < -0.39 is 17.6 Å². The number of nitrogens with one attached hydrogen (secondary N) is 4. The van der Waals surface area contributed by atoms with Gasteiger partial charge in [0.2, 0.25) is 0 Å². The maximum absolute atomic E-state index is 13.5. The molecule has 0 unspecified atom stereocenters. The first-order valence-electron chi connectivity index (χ1n) is 8.78. The van der Waals surface area contributed by atoms with Crippen LogP contribution in [0, 0.1) is 0 Å². The number of aromatic nitrogens is 3. The van der Waals surface area contributed by atoms with Gasteiger partial charge in [0.25, 0.3) is 5.91 Å². The number of halogens is 3. The smallest absolute Gasteiger partial charge is 0.355 e. The number of rotatable bonds is 6. The van der Waals surface area contributed by atoms with Crippen LogP contribution in [0.25, 0.3) is 0 Å². The zero-order valence-electron chi connectivity index (χ0n) is 15.7. The number of H-pyrrole nitrogens is 1. The van der Waals surface area contributed by atoms with Crippen LogP contribution in [0.1, 0.15) is 28.5 Å². The second-order valence-corrected chi connectivity index (χ2v) is 6.09. The molecule has 0 aliphatic heterocycles. The van der Waals surface area contributed by atoms with E-state index in [0.29, 0.717) is 12.1 Å². The van der Waals surface area contributed by atoms with Crippen LogP contribution in [0.3, 0.4) is 0 Å². The molecule has 0 atom stereocenters. The fourth-order valence-electron chi connectivity index (χ4n) is 2.76. The molecular weight excluding hydrogens is 385 g/mol. The lowest BCUT2D eigenvalue weighted by atomic mass is 10.1. The molecule has 0 bridgehead atoms. The minimum absolute atomic E-state index is 0.203. The Labute approximate surface area is 164 Å². The Hall–Kier alpha value is -3.56. The molecule has 2 heterocycles. The summed E-state index contributed by atoms with van der Waals surface area (Å²) in [6.07, 6.45) is -1.64. The number of alkyl halides is 3. The number of carbonyl (C=O) groups excluding carboxylic acids is 1. The number of carbonyl (C=O) groups is 1. The molecule has 10 heteroatoms. The van der Waals surface area contributed by atoms with Crippen LogP contribution in [-0.4, -0.2) is 28.1 Å². The maximum atomic E-state index is 13.5. The fourth-order valence-corrected chi connectivity index (χ4v) is 2.76. The Morgan fingerprint density at radius 2 is 1.90 bits per heavy atom. The molecule has 0 saturated carbocycles. The summed E-state index contributed by atoms with van der Waals surface area (Å²) in [5.41, 5.74) is 0.637. The predicted octanol–water partition coefficient (Wildman–Crippen LogP) is 4.23. The van der Waals surface area contributed by atoms with E-state index >= 15 is 0 Å². The standard InChI is InChI=1S/C19H19F3N6O/c1-3-13-16(10-25-28-13)27-17-8-15(12(9-24-17)19(20,21)22)26-14-7-5-4-6-11(14)18(29)23-2/h4-10H,3H2,1-2H3,(H,23,29)(H,25,28)(H2,24,26,27). The van der Waals surface area contributed by atoms with Crippen molar-refractivity contribution in [2.24, 2.45) is 0 Å². The van der Waals surface area contributed by atoms with Crippen LogP contribution >= 0.6 is 0 Å². The van der Waals surface area contributed by atoms with Crippen molar-refractivity contribution in [3.63, 3.8) is 0 Å². The summed E-state index contributed by atoms with van der Waals surface area (Å²) in [5, 5.41) is 14.9. The lowest BCUT2D eigenvalue weighted by Crippen LogP contribution is -2.19. The van der Waals surface area contributed by atoms with Crippen molar-refractivity contribution in [2.75, 3.05) is 17.7 Å². The second kappa shape index (κ2) is 8.21. The summed E-state index contributed by atoms with van der Waals surface area (Å²) >= 11 is 0. The lowest BCUT2D eigenvalue weighted by Gasteiger charge is -2.17. The highest BCUT2D eigenvalue weighted by Crippen LogP contribution is 2.37. The van der Waals surface area contributed by atoms with Gasteiger partial charge in [-0.25, -0.2) is 4.98 Å². The van der Waals surface area contributed by atoms with E-state index in [1.165, 1.54) is 25.2 Å². The number of aromatic amines is 1. The predicted molar refractivity (Wildman–Crippen MR) is 104 cm³/mol. The van der Waals surface area contributed by atoms with Gasteiger partial charge in [0.1, 0.15) is 5.82 Å². The Morgan fingerprint density at radius 3 is 2.59 bits per heavy atom. The number of para-hydroxylation sites is 1. The number of anilines is 4. The van der Waals surface area contributed by atoms with Crippen LogP contribution in [0.4, 0.5) is 36.1 Å². The van der Waals surface area contributed by atoms with Crippen molar-refractivity contribution in [3.05, 3.63) is 59.5 Å². The average molecular weight is 404 g/mol. The van der Waals surface area contributed by atoms with Gasteiger partial charge in [0.15, 0.2) is 0 Å². The Morgan fingerprint density at radius 1 is 1.14 bits per heavy atom. The second-order valence-electron chi connectivity index (χ2n) is 6.09. The maximum Gasteiger partial charge on any atom is 0.419 e. The third kappa shape index (κ3) is 4.48. The molecule has 3 aromatic rings. The van der Waals surface area contributed by atoms with Crippen molar-refractivity contribution in [1.29, 1.82) is 0 Å². The molecule has 7 nitrogen and oxygen atoms in total. The van der Waals surface area contributed by atoms with E-state index in [4.69, 9.17) is 0 Å². The molecule has 0 aliphatic carbocycles. The monoisotopic (exact) mass is 404 g/mol. The zero-order valence-corrected chi connectivity index (χ0v) is 15.7. The minimum atomic E-state index is -4.62. The van der Waals surface area contributed by atoms with Crippen molar-refractivity contribution >= 4 is 28.8 Å². The van der Waals surface area contributed by atoms with Crippen LogP contribution < -0.4 is 16.0 Å². The van der Waals surface area contributed by atoms with Crippen LogP contribution in [0.2, 0.25) is 0 Å². The first-order valence-corrected chi connectivity index (χ1v) is 8.78. The van der Waals surface area contributed by atoms with Gasteiger partial charge in [-0.1, -0.05) is 19.1 Å². The summed E-state index contributed by atoms with van der Waals surface area (Å²) in [7, 11) is 1.45. The first kappa shape index (κ1) is 20.2.